The predicted molar refractivity (Wildman–Crippen MR) is 127 cm³/mol. The number of thiophene rings is 1. The lowest BCUT2D eigenvalue weighted by Crippen LogP contribution is -2.41. The molecule has 30 heavy (non-hydrogen) atoms. The van der Waals surface area contributed by atoms with Crippen molar-refractivity contribution >= 4 is 29.0 Å². The van der Waals surface area contributed by atoms with E-state index in [0.717, 1.165) is 34.7 Å². The molecule has 0 unspecified atom stereocenters. The van der Waals surface area contributed by atoms with Crippen LogP contribution in [0.2, 0.25) is 0 Å². The summed E-state index contributed by atoms with van der Waals surface area (Å²) in [6.07, 6.45) is 16.3. The molecule has 0 radical (unpaired) electrons. The van der Waals surface area contributed by atoms with Crippen LogP contribution in [0.4, 0.5) is 0 Å². The summed E-state index contributed by atoms with van der Waals surface area (Å²) in [5, 5.41) is 9.82. The van der Waals surface area contributed by atoms with Gasteiger partial charge in [0, 0.05) is 11.5 Å². The summed E-state index contributed by atoms with van der Waals surface area (Å²) in [5.41, 5.74) is 4.48. The number of nitrogens with zero attached hydrogens (tertiary/aromatic N) is 2. The Bertz CT molecular complexity index is 1000. The minimum absolute atomic E-state index is 0.0233. The van der Waals surface area contributed by atoms with Crippen LogP contribution in [0, 0.1) is 12.3 Å². The smallest absolute Gasteiger partial charge is 0.261 e. The van der Waals surface area contributed by atoms with Gasteiger partial charge < -0.3 is 5.32 Å². The Balaban J connectivity index is 1.90. The molecule has 1 saturated carbocycles. The number of amides is 1. The lowest BCUT2D eigenvalue weighted by molar-refractivity contribution is 0.0921. The molecule has 1 aliphatic rings. The van der Waals surface area contributed by atoms with Gasteiger partial charge in [-0.25, -0.2) is 4.68 Å². The Morgan fingerprint density at radius 3 is 2.80 bits per heavy atom. The molecule has 2 aromatic heterocycles. The van der Waals surface area contributed by atoms with E-state index in [9.17, 15) is 4.79 Å². The molecular formula is C25H31N3OS. The number of allylic oxidation sites excluding steroid dienone is 6. The van der Waals surface area contributed by atoms with Gasteiger partial charge in [0.25, 0.3) is 5.91 Å². The van der Waals surface area contributed by atoms with Gasteiger partial charge in [0.15, 0.2) is 0 Å². The van der Waals surface area contributed by atoms with E-state index in [1.807, 2.05) is 60.5 Å². The Labute approximate surface area is 183 Å². The molecule has 0 aromatic carbocycles. The van der Waals surface area contributed by atoms with E-state index in [1.165, 1.54) is 16.9 Å². The zero-order valence-electron chi connectivity index (χ0n) is 18.5. The van der Waals surface area contributed by atoms with Gasteiger partial charge in [-0.15, -0.1) is 11.3 Å². The van der Waals surface area contributed by atoms with E-state index in [2.05, 4.69) is 49.4 Å². The van der Waals surface area contributed by atoms with Crippen LogP contribution >= 0.6 is 11.3 Å². The summed E-state index contributed by atoms with van der Waals surface area (Å²) in [5.74, 6) is 0.0233. The molecule has 5 heteroatoms. The monoisotopic (exact) mass is 421 g/mol. The Morgan fingerprint density at radius 1 is 1.33 bits per heavy atom. The number of carbonyl (C=O) groups excluding carboxylic acids is 1. The highest BCUT2D eigenvalue weighted by Gasteiger charge is 2.40. The van der Waals surface area contributed by atoms with Gasteiger partial charge in [-0.05, 0) is 68.9 Å². The first-order valence-electron chi connectivity index (χ1n) is 10.4. The molecule has 3 rings (SSSR count). The first-order chi connectivity index (χ1) is 14.4. The zero-order valence-corrected chi connectivity index (χ0v) is 19.3. The van der Waals surface area contributed by atoms with Crippen molar-refractivity contribution in [2.75, 3.05) is 0 Å². The molecular weight excluding hydrogens is 390 g/mol. The van der Waals surface area contributed by atoms with Gasteiger partial charge in [0.1, 0.15) is 0 Å². The summed E-state index contributed by atoms with van der Waals surface area (Å²) in [4.78, 5) is 13.4. The standard InChI is InChI=1S/C25H31N3OS/c1-6-8-11-20(10-7-2)28-21(18(3)17-26-28)16-19-13-14-23(25(19,4)5)27-24(29)22-12-9-15-30-22/h6-12,15-17,23H,13-14H2,1-5H3,(H,27,29)/b8-6+,10-7-,19-16-,20-11+/t23-/m0/s1. The molecule has 2 aromatic rings. The van der Waals surface area contributed by atoms with Crippen LogP contribution in [0.5, 0.6) is 0 Å². The molecule has 0 spiro atoms. The molecule has 1 fully saturated rings. The molecule has 158 valence electrons. The third-order valence-electron chi connectivity index (χ3n) is 5.80. The largest absolute Gasteiger partial charge is 0.348 e. The highest BCUT2D eigenvalue weighted by molar-refractivity contribution is 7.12. The van der Waals surface area contributed by atoms with Crippen LogP contribution in [-0.2, 0) is 0 Å². The maximum absolute atomic E-state index is 12.6. The third-order valence-corrected chi connectivity index (χ3v) is 6.67. The van der Waals surface area contributed by atoms with Crippen molar-refractivity contribution in [1.29, 1.82) is 0 Å². The molecule has 0 aliphatic heterocycles. The highest BCUT2D eigenvalue weighted by Crippen LogP contribution is 2.44. The van der Waals surface area contributed by atoms with Crippen molar-refractivity contribution in [1.82, 2.24) is 15.1 Å². The molecule has 0 saturated heterocycles. The van der Waals surface area contributed by atoms with Crippen molar-refractivity contribution in [3.63, 3.8) is 0 Å². The number of rotatable bonds is 6. The SMILES string of the molecule is C\C=C/C(=C\C=C\C)n1ncc(C)c1/C=C1/CC[C@H](NC(=O)c2cccs2)C1(C)C. The predicted octanol–water partition coefficient (Wildman–Crippen LogP) is 6.25. The summed E-state index contributed by atoms with van der Waals surface area (Å²) in [7, 11) is 0. The number of nitrogens with one attached hydrogen (secondary N) is 1. The van der Waals surface area contributed by atoms with E-state index in [0.29, 0.717) is 0 Å². The van der Waals surface area contributed by atoms with E-state index < -0.39 is 0 Å². The molecule has 1 N–H and O–H groups in total. The second-order valence-electron chi connectivity index (χ2n) is 8.18. The normalized spacial score (nSPS) is 20.6. The third kappa shape index (κ3) is 4.57. The maximum atomic E-state index is 12.6. The number of aryl methyl sites for hydroxylation is 1. The van der Waals surface area contributed by atoms with Crippen molar-refractivity contribution in [2.24, 2.45) is 5.41 Å². The quantitative estimate of drug-likeness (QED) is 0.561. The average Bonchev–Trinajstić information content (AvgIpc) is 3.42. The zero-order chi connectivity index (χ0) is 21.7. The lowest BCUT2D eigenvalue weighted by atomic mass is 9.82. The molecule has 2 heterocycles. The highest BCUT2D eigenvalue weighted by atomic mass is 32.1. The van der Waals surface area contributed by atoms with Crippen molar-refractivity contribution < 1.29 is 4.79 Å². The Hall–Kier alpha value is -2.66. The van der Waals surface area contributed by atoms with Crippen LogP contribution in [0.25, 0.3) is 11.8 Å². The lowest BCUT2D eigenvalue weighted by Gasteiger charge is -2.29. The second-order valence-corrected chi connectivity index (χ2v) is 9.12. The van der Waals surface area contributed by atoms with Crippen molar-refractivity contribution in [3.05, 3.63) is 75.8 Å². The van der Waals surface area contributed by atoms with Gasteiger partial charge in [0.05, 0.1) is 22.5 Å². The van der Waals surface area contributed by atoms with E-state index in [-0.39, 0.29) is 17.4 Å². The van der Waals surface area contributed by atoms with Crippen molar-refractivity contribution in [3.8, 4) is 0 Å². The first kappa shape index (κ1) is 22.0. The van der Waals surface area contributed by atoms with Gasteiger partial charge in [-0.3, -0.25) is 4.79 Å². The molecule has 1 amide bonds. The van der Waals surface area contributed by atoms with E-state index >= 15 is 0 Å². The number of hydrogen-bond acceptors (Lipinski definition) is 3. The molecule has 1 aliphatic carbocycles. The number of hydrogen-bond donors (Lipinski definition) is 1. The van der Waals surface area contributed by atoms with Crippen LogP contribution in [-0.4, -0.2) is 21.7 Å². The first-order valence-corrected chi connectivity index (χ1v) is 11.3. The number of carbonyl (C=O) groups is 1. The Kier molecular flexibility index (Phi) is 6.93. The molecule has 0 bridgehead atoms. The summed E-state index contributed by atoms with van der Waals surface area (Å²) in [6.45, 7) is 10.6. The maximum Gasteiger partial charge on any atom is 0.261 e. The van der Waals surface area contributed by atoms with E-state index in [1.54, 1.807) is 0 Å². The van der Waals surface area contributed by atoms with Gasteiger partial charge in [-0.1, -0.05) is 43.7 Å². The number of aromatic nitrogens is 2. The topological polar surface area (TPSA) is 46.9 Å². The van der Waals surface area contributed by atoms with Gasteiger partial charge in [0.2, 0.25) is 0 Å². The fourth-order valence-corrected chi connectivity index (χ4v) is 4.53. The minimum atomic E-state index is -0.123. The fourth-order valence-electron chi connectivity index (χ4n) is 3.90. The minimum Gasteiger partial charge on any atom is -0.348 e. The second kappa shape index (κ2) is 9.43. The van der Waals surface area contributed by atoms with Crippen LogP contribution in [0.15, 0.2) is 59.7 Å². The average molecular weight is 422 g/mol. The summed E-state index contributed by atoms with van der Waals surface area (Å²) >= 11 is 1.48. The summed E-state index contributed by atoms with van der Waals surface area (Å²) < 4.78 is 2.00. The van der Waals surface area contributed by atoms with Crippen LogP contribution in [0.3, 0.4) is 0 Å². The summed E-state index contributed by atoms with van der Waals surface area (Å²) in [6, 6.07) is 3.90. The van der Waals surface area contributed by atoms with Crippen molar-refractivity contribution in [2.45, 2.75) is 53.5 Å². The molecule has 1 atom stereocenters. The molecule has 4 nitrogen and oxygen atoms in total. The van der Waals surface area contributed by atoms with Crippen LogP contribution < -0.4 is 5.32 Å². The van der Waals surface area contributed by atoms with E-state index in [4.69, 9.17) is 0 Å². The fraction of sp³-hybridized carbons (Fsp3) is 0.360. The Morgan fingerprint density at radius 2 is 2.13 bits per heavy atom. The van der Waals surface area contributed by atoms with Crippen LogP contribution in [0.1, 0.15) is 61.5 Å². The van der Waals surface area contributed by atoms with Gasteiger partial charge in [-0.2, -0.15) is 5.10 Å². The van der Waals surface area contributed by atoms with Gasteiger partial charge >= 0.3 is 0 Å².